The van der Waals surface area contributed by atoms with E-state index in [9.17, 15) is 13.2 Å². The van der Waals surface area contributed by atoms with E-state index in [1.165, 1.54) is 10.4 Å². The zero-order valence-electron chi connectivity index (χ0n) is 17.1. The van der Waals surface area contributed by atoms with E-state index in [0.29, 0.717) is 38.3 Å². The minimum atomic E-state index is -3.65. The molecule has 3 rings (SSSR count). The molecule has 7 heteroatoms. The van der Waals surface area contributed by atoms with Crippen LogP contribution in [0, 0.1) is 6.92 Å². The predicted molar refractivity (Wildman–Crippen MR) is 112 cm³/mol. The fourth-order valence-corrected chi connectivity index (χ4v) is 4.90. The number of benzene rings is 2. The molecule has 1 heterocycles. The molecule has 0 bridgehead atoms. The minimum Gasteiger partial charge on any atom is -0.379 e. The Labute approximate surface area is 172 Å². The van der Waals surface area contributed by atoms with Gasteiger partial charge in [-0.3, -0.25) is 4.79 Å². The van der Waals surface area contributed by atoms with Crippen LogP contribution >= 0.6 is 0 Å². The van der Waals surface area contributed by atoms with E-state index >= 15 is 0 Å². The molecule has 1 amide bonds. The molecular weight excluding hydrogens is 388 g/mol. The van der Waals surface area contributed by atoms with Crippen LogP contribution < -0.4 is 5.32 Å². The van der Waals surface area contributed by atoms with Crippen LogP contribution in [0.1, 0.15) is 35.3 Å². The highest BCUT2D eigenvalue weighted by Gasteiger charge is 2.28. The largest absolute Gasteiger partial charge is 0.379 e. The number of aryl methyl sites for hydroxylation is 1. The standard InChI is InChI=1S/C22H28N2O4S/c1-17-9-10-19(29(26,27)24-11-13-28-14-12-24)15-20(17)21(25)23-22(2,3)16-18-7-5-4-6-8-18/h4-10,15H,11-14,16H2,1-3H3,(H,23,25). The monoisotopic (exact) mass is 416 g/mol. The molecular formula is C22H28N2O4S. The molecule has 0 spiro atoms. The van der Waals surface area contributed by atoms with Gasteiger partial charge in [0.25, 0.3) is 5.91 Å². The highest BCUT2D eigenvalue weighted by Crippen LogP contribution is 2.22. The van der Waals surface area contributed by atoms with Gasteiger partial charge >= 0.3 is 0 Å². The van der Waals surface area contributed by atoms with Gasteiger partial charge in [-0.2, -0.15) is 4.31 Å². The lowest BCUT2D eigenvalue weighted by atomic mass is 9.94. The normalized spacial score (nSPS) is 15.8. The summed E-state index contributed by atoms with van der Waals surface area (Å²) in [5.74, 6) is -0.276. The van der Waals surface area contributed by atoms with Crippen molar-refractivity contribution in [2.75, 3.05) is 26.3 Å². The van der Waals surface area contributed by atoms with E-state index in [4.69, 9.17) is 4.74 Å². The summed E-state index contributed by atoms with van der Waals surface area (Å²) in [6, 6.07) is 14.7. The number of ether oxygens (including phenoxy) is 1. The second kappa shape index (κ2) is 8.65. The van der Waals surface area contributed by atoms with Crippen LogP contribution in [0.3, 0.4) is 0 Å². The van der Waals surface area contributed by atoms with Crippen LogP contribution in [0.2, 0.25) is 0 Å². The molecule has 1 fully saturated rings. The van der Waals surface area contributed by atoms with Crippen LogP contribution in [-0.2, 0) is 21.2 Å². The number of sulfonamides is 1. The molecule has 29 heavy (non-hydrogen) atoms. The fourth-order valence-electron chi connectivity index (χ4n) is 3.47. The average Bonchev–Trinajstić information content (AvgIpc) is 2.68. The molecule has 2 aromatic rings. The van der Waals surface area contributed by atoms with Crippen LogP contribution in [0.15, 0.2) is 53.4 Å². The van der Waals surface area contributed by atoms with Crippen LogP contribution in [-0.4, -0.2) is 50.5 Å². The van der Waals surface area contributed by atoms with Gasteiger partial charge in [-0.05, 0) is 50.5 Å². The lowest BCUT2D eigenvalue weighted by molar-refractivity contribution is 0.0730. The fraction of sp³-hybridized carbons (Fsp3) is 0.409. The van der Waals surface area contributed by atoms with Crippen molar-refractivity contribution in [1.82, 2.24) is 9.62 Å². The van der Waals surface area contributed by atoms with Crippen LogP contribution in [0.25, 0.3) is 0 Å². The Morgan fingerprint density at radius 2 is 1.76 bits per heavy atom. The maximum Gasteiger partial charge on any atom is 0.252 e. The number of morpholine rings is 1. The van der Waals surface area contributed by atoms with Crippen molar-refractivity contribution in [3.63, 3.8) is 0 Å². The summed E-state index contributed by atoms with van der Waals surface area (Å²) < 4.78 is 32.5. The topological polar surface area (TPSA) is 75.7 Å². The molecule has 6 nitrogen and oxygen atoms in total. The van der Waals surface area contributed by atoms with E-state index in [-0.39, 0.29) is 10.8 Å². The first-order valence-corrected chi connectivity index (χ1v) is 11.2. The van der Waals surface area contributed by atoms with Gasteiger partial charge < -0.3 is 10.1 Å². The maximum atomic E-state index is 13.0. The summed E-state index contributed by atoms with van der Waals surface area (Å²) in [7, 11) is -3.65. The van der Waals surface area contributed by atoms with E-state index in [1.54, 1.807) is 12.1 Å². The SMILES string of the molecule is Cc1ccc(S(=O)(=O)N2CCOCC2)cc1C(=O)NC(C)(C)Cc1ccccc1. The number of nitrogens with zero attached hydrogens (tertiary/aromatic N) is 1. The van der Waals surface area contributed by atoms with E-state index < -0.39 is 15.6 Å². The number of hydrogen-bond acceptors (Lipinski definition) is 4. The number of hydrogen-bond donors (Lipinski definition) is 1. The van der Waals surface area contributed by atoms with Crippen molar-refractivity contribution >= 4 is 15.9 Å². The first kappa shape index (κ1) is 21.5. The maximum absolute atomic E-state index is 13.0. The molecule has 0 aromatic heterocycles. The third-order valence-electron chi connectivity index (χ3n) is 5.00. The summed E-state index contributed by atoms with van der Waals surface area (Å²) in [4.78, 5) is 13.1. The zero-order valence-corrected chi connectivity index (χ0v) is 18.0. The third kappa shape index (κ3) is 5.23. The quantitative estimate of drug-likeness (QED) is 0.786. The van der Waals surface area contributed by atoms with Gasteiger partial charge in [-0.15, -0.1) is 0 Å². The highest BCUT2D eigenvalue weighted by molar-refractivity contribution is 7.89. The Bertz CT molecular complexity index is 966. The Morgan fingerprint density at radius 1 is 1.10 bits per heavy atom. The van der Waals surface area contributed by atoms with Crippen molar-refractivity contribution in [3.8, 4) is 0 Å². The van der Waals surface area contributed by atoms with Crippen molar-refractivity contribution in [3.05, 3.63) is 65.2 Å². The Hall–Kier alpha value is -2.22. The van der Waals surface area contributed by atoms with Gasteiger partial charge in [0.15, 0.2) is 0 Å². The van der Waals surface area contributed by atoms with E-state index in [2.05, 4.69) is 5.32 Å². The summed E-state index contributed by atoms with van der Waals surface area (Å²) in [6.45, 7) is 7.13. The molecule has 1 N–H and O–H groups in total. The molecule has 0 saturated carbocycles. The molecule has 0 aliphatic carbocycles. The van der Waals surface area contributed by atoms with Gasteiger partial charge in [-0.25, -0.2) is 8.42 Å². The molecule has 0 atom stereocenters. The van der Waals surface area contributed by atoms with E-state index in [0.717, 1.165) is 11.1 Å². The third-order valence-corrected chi connectivity index (χ3v) is 6.90. The number of nitrogens with one attached hydrogen (secondary N) is 1. The summed E-state index contributed by atoms with van der Waals surface area (Å²) >= 11 is 0. The molecule has 156 valence electrons. The Kier molecular flexibility index (Phi) is 6.41. The van der Waals surface area contributed by atoms with Crippen molar-refractivity contribution in [2.45, 2.75) is 37.6 Å². The summed E-state index contributed by atoms with van der Waals surface area (Å²) in [5.41, 5.74) is 1.75. The van der Waals surface area contributed by atoms with Crippen LogP contribution in [0.5, 0.6) is 0 Å². The number of carbonyl (C=O) groups excluding carboxylic acids is 1. The molecule has 0 unspecified atom stereocenters. The predicted octanol–water partition coefficient (Wildman–Crippen LogP) is 2.77. The van der Waals surface area contributed by atoms with Crippen molar-refractivity contribution in [2.24, 2.45) is 0 Å². The van der Waals surface area contributed by atoms with E-state index in [1.807, 2.05) is 51.1 Å². The summed E-state index contributed by atoms with van der Waals surface area (Å²) in [6.07, 6.45) is 0.671. The Balaban J connectivity index is 1.81. The first-order chi connectivity index (χ1) is 13.7. The first-order valence-electron chi connectivity index (χ1n) is 9.74. The smallest absolute Gasteiger partial charge is 0.252 e. The van der Waals surface area contributed by atoms with Crippen molar-refractivity contribution in [1.29, 1.82) is 0 Å². The van der Waals surface area contributed by atoms with Gasteiger partial charge in [0.1, 0.15) is 0 Å². The molecule has 1 aliphatic heterocycles. The lowest BCUT2D eigenvalue weighted by Gasteiger charge is -2.28. The van der Waals surface area contributed by atoms with Crippen LogP contribution in [0.4, 0.5) is 0 Å². The van der Waals surface area contributed by atoms with Gasteiger partial charge in [0, 0.05) is 24.2 Å². The lowest BCUT2D eigenvalue weighted by Crippen LogP contribution is -2.45. The Morgan fingerprint density at radius 3 is 2.41 bits per heavy atom. The van der Waals surface area contributed by atoms with Gasteiger partial charge in [0.2, 0.25) is 10.0 Å². The van der Waals surface area contributed by atoms with Gasteiger partial charge in [-0.1, -0.05) is 36.4 Å². The number of amides is 1. The van der Waals surface area contributed by atoms with Crippen molar-refractivity contribution < 1.29 is 17.9 Å². The molecule has 0 radical (unpaired) electrons. The second-order valence-corrected chi connectivity index (χ2v) is 9.93. The zero-order chi connectivity index (χ0) is 21.1. The summed E-state index contributed by atoms with van der Waals surface area (Å²) in [5, 5.41) is 3.05. The minimum absolute atomic E-state index is 0.135. The number of rotatable bonds is 6. The molecule has 1 aliphatic rings. The number of carbonyl (C=O) groups is 1. The second-order valence-electron chi connectivity index (χ2n) is 7.99. The highest BCUT2D eigenvalue weighted by atomic mass is 32.2. The molecule has 2 aromatic carbocycles. The van der Waals surface area contributed by atoms with Gasteiger partial charge in [0.05, 0.1) is 18.1 Å². The molecule has 1 saturated heterocycles. The average molecular weight is 417 g/mol.